The number of hydrogen-bond donors (Lipinski definition) is 1. The van der Waals surface area contributed by atoms with Gasteiger partial charge in [0.1, 0.15) is 0 Å². The molecule has 0 bridgehead atoms. The first-order valence-electron chi connectivity index (χ1n) is 8.16. The average molecular weight is 355 g/mol. The molecule has 0 fully saturated rings. The van der Waals surface area contributed by atoms with Crippen LogP contribution in [-0.2, 0) is 6.54 Å². The summed E-state index contributed by atoms with van der Waals surface area (Å²) in [6, 6.07) is 4.10. The van der Waals surface area contributed by atoms with Crippen molar-refractivity contribution in [2.75, 3.05) is 4.90 Å². The molecule has 0 spiro atoms. The molecule has 1 N–H and O–H groups in total. The fourth-order valence-electron chi connectivity index (χ4n) is 3.27. The molecule has 132 valence electrons. The van der Waals surface area contributed by atoms with Crippen LogP contribution in [0.4, 0.5) is 14.6 Å². The molecule has 2 aromatic heterocycles. The van der Waals surface area contributed by atoms with Crippen LogP contribution >= 0.6 is 0 Å². The van der Waals surface area contributed by atoms with E-state index >= 15 is 0 Å². The SMILES string of the molecule is CCC1c2cc(F)c(O)cc2CN1c1nc(-c2ncccn2)ncc1F. The van der Waals surface area contributed by atoms with Crippen LogP contribution in [0, 0.1) is 11.6 Å². The van der Waals surface area contributed by atoms with Crippen molar-refractivity contribution < 1.29 is 13.9 Å². The number of hydrogen-bond acceptors (Lipinski definition) is 6. The van der Waals surface area contributed by atoms with Gasteiger partial charge in [-0.25, -0.2) is 28.7 Å². The Morgan fingerprint density at radius 3 is 2.62 bits per heavy atom. The monoisotopic (exact) mass is 355 g/mol. The summed E-state index contributed by atoms with van der Waals surface area (Å²) in [5.74, 6) is -1.08. The molecule has 1 unspecified atom stereocenters. The summed E-state index contributed by atoms with van der Waals surface area (Å²) in [5, 5.41) is 9.64. The van der Waals surface area contributed by atoms with E-state index in [0.29, 0.717) is 18.8 Å². The number of aromatic hydroxyl groups is 1. The molecule has 0 amide bonds. The maximum atomic E-state index is 14.5. The summed E-state index contributed by atoms with van der Waals surface area (Å²) in [6.45, 7) is 2.24. The van der Waals surface area contributed by atoms with Gasteiger partial charge in [-0.05, 0) is 35.7 Å². The summed E-state index contributed by atoms with van der Waals surface area (Å²) in [6.07, 6.45) is 4.82. The van der Waals surface area contributed by atoms with E-state index in [0.717, 1.165) is 17.3 Å². The fourth-order valence-corrected chi connectivity index (χ4v) is 3.27. The third-order valence-corrected chi connectivity index (χ3v) is 4.43. The number of halogens is 2. The van der Waals surface area contributed by atoms with Crippen molar-refractivity contribution in [3.8, 4) is 17.4 Å². The highest BCUT2D eigenvalue weighted by Crippen LogP contribution is 2.41. The van der Waals surface area contributed by atoms with Crippen LogP contribution in [0.3, 0.4) is 0 Å². The van der Waals surface area contributed by atoms with E-state index in [1.165, 1.54) is 12.1 Å². The van der Waals surface area contributed by atoms with Crippen LogP contribution in [0.15, 0.2) is 36.8 Å². The van der Waals surface area contributed by atoms with E-state index in [2.05, 4.69) is 19.9 Å². The molecule has 0 aliphatic carbocycles. The number of aromatic nitrogens is 4. The van der Waals surface area contributed by atoms with Crippen LogP contribution in [-0.4, -0.2) is 25.0 Å². The Bertz CT molecular complexity index is 967. The second-order valence-electron chi connectivity index (χ2n) is 5.99. The van der Waals surface area contributed by atoms with Gasteiger partial charge in [-0.2, -0.15) is 0 Å². The molecule has 1 atom stereocenters. The molecule has 26 heavy (non-hydrogen) atoms. The number of rotatable bonds is 3. The molecular formula is C18H15F2N5O. The minimum atomic E-state index is -0.689. The summed E-state index contributed by atoms with van der Waals surface area (Å²) >= 11 is 0. The lowest BCUT2D eigenvalue weighted by Gasteiger charge is -2.25. The number of phenolic OH excluding ortho intramolecular Hbond substituents is 1. The largest absolute Gasteiger partial charge is 0.505 e. The lowest BCUT2D eigenvalue weighted by molar-refractivity contribution is 0.431. The highest BCUT2D eigenvalue weighted by Gasteiger charge is 2.33. The molecule has 1 aliphatic heterocycles. The minimum Gasteiger partial charge on any atom is -0.505 e. The Morgan fingerprint density at radius 2 is 1.88 bits per heavy atom. The van der Waals surface area contributed by atoms with E-state index in [-0.39, 0.29) is 17.7 Å². The lowest BCUT2D eigenvalue weighted by atomic mass is 10.0. The quantitative estimate of drug-likeness (QED) is 0.776. The highest BCUT2D eigenvalue weighted by molar-refractivity contribution is 5.55. The smallest absolute Gasteiger partial charge is 0.199 e. The first-order valence-corrected chi connectivity index (χ1v) is 8.16. The summed E-state index contributed by atoms with van der Waals surface area (Å²) < 4.78 is 28.3. The predicted molar refractivity (Wildman–Crippen MR) is 90.3 cm³/mol. The third kappa shape index (κ3) is 2.63. The van der Waals surface area contributed by atoms with E-state index in [1.807, 2.05) is 6.92 Å². The number of phenols is 1. The fraction of sp³-hybridized carbons (Fsp3) is 0.222. The molecule has 3 aromatic rings. The third-order valence-electron chi connectivity index (χ3n) is 4.43. The topological polar surface area (TPSA) is 75.0 Å². The molecule has 0 radical (unpaired) electrons. The van der Waals surface area contributed by atoms with Gasteiger partial charge < -0.3 is 10.0 Å². The zero-order chi connectivity index (χ0) is 18.3. The molecule has 0 saturated heterocycles. The van der Waals surface area contributed by atoms with Gasteiger partial charge in [-0.3, -0.25) is 0 Å². The normalized spacial score (nSPS) is 16.0. The van der Waals surface area contributed by atoms with Crippen LogP contribution in [0.5, 0.6) is 5.75 Å². The zero-order valence-corrected chi connectivity index (χ0v) is 13.9. The molecule has 6 nitrogen and oxygen atoms in total. The number of fused-ring (bicyclic) bond motifs is 1. The van der Waals surface area contributed by atoms with Gasteiger partial charge in [0, 0.05) is 18.9 Å². The average Bonchev–Trinajstić information content (AvgIpc) is 3.00. The predicted octanol–water partition coefficient (Wildman–Crippen LogP) is 3.39. The van der Waals surface area contributed by atoms with Gasteiger partial charge in [0.2, 0.25) is 0 Å². The maximum absolute atomic E-state index is 14.5. The number of nitrogens with zero attached hydrogens (tertiary/aromatic N) is 5. The van der Waals surface area contributed by atoms with Crippen LogP contribution in [0.1, 0.15) is 30.5 Å². The van der Waals surface area contributed by atoms with Crippen molar-refractivity contribution in [2.45, 2.75) is 25.9 Å². The Labute approximate surface area is 148 Å². The minimum absolute atomic E-state index is 0.102. The standard InChI is InChI=1S/C18H15F2N5O/c1-2-14-11-7-12(19)15(26)6-10(11)9-25(14)18-13(20)8-23-17(24-18)16-21-4-3-5-22-16/h3-8,14,26H,2,9H2,1H3. The van der Waals surface area contributed by atoms with Crippen molar-refractivity contribution >= 4 is 5.82 Å². The Morgan fingerprint density at radius 1 is 1.12 bits per heavy atom. The van der Waals surface area contributed by atoms with Gasteiger partial charge in [-0.1, -0.05) is 6.92 Å². The van der Waals surface area contributed by atoms with Crippen molar-refractivity contribution in [1.82, 2.24) is 19.9 Å². The van der Waals surface area contributed by atoms with Crippen molar-refractivity contribution in [3.05, 3.63) is 59.6 Å². The Balaban J connectivity index is 1.78. The van der Waals surface area contributed by atoms with Crippen LogP contribution in [0.25, 0.3) is 11.6 Å². The van der Waals surface area contributed by atoms with E-state index < -0.39 is 17.4 Å². The second kappa shape index (κ2) is 6.29. The molecular weight excluding hydrogens is 340 g/mol. The molecule has 0 saturated carbocycles. The van der Waals surface area contributed by atoms with E-state index in [1.54, 1.807) is 23.4 Å². The lowest BCUT2D eigenvalue weighted by Crippen LogP contribution is -2.23. The first-order chi connectivity index (χ1) is 12.6. The Kier molecular flexibility index (Phi) is 3.95. The second-order valence-corrected chi connectivity index (χ2v) is 5.99. The number of anilines is 1. The zero-order valence-electron chi connectivity index (χ0n) is 13.9. The van der Waals surface area contributed by atoms with Crippen molar-refractivity contribution in [1.29, 1.82) is 0 Å². The van der Waals surface area contributed by atoms with E-state index in [9.17, 15) is 13.9 Å². The first kappa shape index (κ1) is 16.3. The molecule has 1 aromatic carbocycles. The van der Waals surface area contributed by atoms with Gasteiger partial charge >= 0.3 is 0 Å². The van der Waals surface area contributed by atoms with Crippen molar-refractivity contribution in [2.24, 2.45) is 0 Å². The van der Waals surface area contributed by atoms with Gasteiger partial charge in [0.05, 0.1) is 12.2 Å². The van der Waals surface area contributed by atoms with Gasteiger partial charge in [0.25, 0.3) is 0 Å². The Hall–Kier alpha value is -3.16. The molecule has 3 heterocycles. The molecule has 4 rings (SSSR count). The van der Waals surface area contributed by atoms with Crippen LogP contribution < -0.4 is 4.90 Å². The summed E-state index contributed by atoms with van der Waals surface area (Å²) in [7, 11) is 0. The van der Waals surface area contributed by atoms with Crippen LogP contribution in [0.2, 0.25) is 0 Å². The summed E-state index contributed by atoms with van der Waals surface area (Å²) in [5.41, 5.74) is 1.46. The number of benzene rings is 1. The summed E-state index contributed by atoms with van der Waals surface area (Å²) in [4.78, 5) is 18.2. The van der Waals surface area contributed by atoms with Gasteiger partial charge in [-0.15, -0.1) is 0 Å². The maximum Gasteiger partial charge on any atom is 0.199 e. The van der Waals surface area contributed by atoms with Gasteiger partial charge in [0.15, 0.2) is 34.9 Å². The highest BCUT2D eigenvalue weighted by atomic mass is 19.1. The van der Waals surface area contributed by atoms with Crippen molar-refractivity contribution in [3.63, 3.8) is 0 Å². The molecule has 8 heteroatoms. The van der Waals surface area contributed by atoms with E-state index in [4.69, 9.17) is 0 Å². The molecule has 1 aliphatic rings.